The van der Waals surface area contributed by atoms with Crippen molar-refractivity contribution in [2.75, 3.05) is 14.2 Å². The van der Waals surface area contributed by atoms with Crippen LogP contribution in [0, 0.1) is 0 Å². The molecule has 20 heavy (non-hydrogen) atoms. The molecule has 0 spiro atoms. The van der Waals surface area contributed by atoms with E-state index >= 15 is 0 Å². The molecule has 0 radical (unpaired) electrons. The van der Waals surface area contributed by atoms with Crippen molar-refractivity contribution in [1.29, 1.82) is 0 Å². The Morgan fingerprint density at radius 1 is 0.850 bits per heavy atom. The third-order valence-corrected chi connectivity index (χ3v) is 2.74. The van der Waals surface area contributed by atoms with E-state index in [0.717, 1.165) is 12.0 Å². The molecule has 0 aliphatic carbocycles. The zero-order chi connectivity index (χ0) is 15.0. The lowest BCUT2D eigenvalue weighted by Gasteiger charge is -2.03. The van der Waals surface area contributed by atoms with Gasteiger partial charge in [-0.1, -0.05) is 25.1 Å². The number of hydrogen-bond acceptors (Lipinski definition) is 4. The van der Waals surface area contributed by atoms with Crippen LogP contribution >= 0.6 is 0 Å². The molecule has 0 bridgehead atoms. The van der Waals surface area contributed by atoms with E-state index in [4.69, 9.17) is 14.6 Å². The monoisotopic (exact) mass is 276 g/mol. The molecule has 2 aromatic carbocycles. The van der Waals surface area contributed by atoms with Crippen LogP contribution in [0.15, 0.2) is 42.5 Å². The fourth-order valence-electron chi connectivity index (χ4n) is 1.59. The summed E-state index contributed by atoms with van der Waals surface area (Å²) in [6.45, 7) is 2.04. The zero-order valence-corrected chi connectivity index (χ0v) is 12.0. The summed E-state index contributed by atoms with van der Waals surface area (Å²) in [5.74, 6) is 1.44. The molecule has 0 aliphatic heterocycles. The summed E-state index contributed by atoms with van der Waals surface area (Å²) in [4.78, 5) is 0. The van der Waals surface area contributed by atoms with Gasteiger partial charge in [0.05, 0.1) is 14.2 Å². The van der Waals surface area contributed by atoms with E-state index in [1.54, 1.807) is 43.5 Å². The van der Waals surface area contributed by atoms with Crippen LogP contribution in [0.3, 0.4) is 0 Å². The molecule has 0 saturated carbocycles. The maximum atomic E-state index is 9.30. The summed E-state index contributed by atoms with van der Waals surface area (Å²) >= 11 is 0. The molecule has 0 heterocycles. The second kappa shape index (κ2) is 7.94. The van der Waals surface area contributed by atoms with Crippen molar-refractivity contribution in [2.45, 2.75) is 13.3 Å². The van der Waals surface area contributed by atoms with Gasteiger partial charge in [0.25, 0.3) is 0 Å². The standard InChI is InChI=1S/C9H12O2.C7H8O2/c1-3-7-4-5-9(11-2)8(10)6-7;1-9-7-5-3-2-4-6(7)8/h4-6,10H,3H2,1-2H3;2-5,8H,1H3. The Balaban J connectivity index is 0.000000204. The number of aryl methyl sites for hydroxylation is 1. The van der Waals surface area contributed by atoms with Crippen LogP contribution in [0.1, 0.15) is 12.5 Å². The molecule has 0 saturated heterocycles. The first-order valence-electron chi connectivity index (χ1n) is 6.30. The predicted octanol–water partition coefficient (Wildman–Crippen LogP) is 3.36. The Kier molecular flexibility index (Phi) is 6.23. The molecule has 0 aliphatic rings. The van der Waals surface area contributed by atoms with Gasteiger partial charge in [-0.25, -0.2) is 0 Å². The highest BCUT2D eigenvalue weighted by Crippen LogP contribution is 2.26. The molecule has 4 heteroatoms. The summed E-state index contributed by atoms with van der Waals surface area (Å²) in [7, 11) is 3.07. The summed E-state index contributed by atoms with van der Waals surface area (Å²) in [6.07, 6.45) is 0.928. The highest BCUT2D eigenvalue weighted by molar-refractivity contribution is 5.41. The van der Waals surface area contributed by atoms with Gasteiger partial charge in [0.2, 0.25) is 0 Å². The Morgan fingerprint density at radius 3 is 1.90 bits per heavy atom. The Morgan fingerprint density at radius 2 is 1.45 bits per heavy atom. The van der Waals surface area contributed by atoms with Crippen LogP contribution in [0.2, 0.25) is 0 Å². The molecule has 0 unspecified atom stereocenters. The molecule has 0 aromatic heterocycles. The van der Waals surface area contributed by atoms with E-state index in [0.29, 0.717) is 11.5 Å². The van der Waals surface area contributed by atoms with Crippen LogP contribution in [0.5, 0.6) is 23.0 Å². The molecule has 0 fully saturated rings. The fraction of sp³-hybridized carbons (Fsp3) is 0.250. The number of phenolic OH excluding ortho intramolecular Hbond substituents is 2. The van der Waals surface area contributed by atoms with Crippen LogP contribution < -0.4 is 9.47 Å². The van der Waals surface area contributed by atoms with Crippen molar-refractivity contribution in [2.24, 2.45) is 0 Å². The van der Waals surface area contributed by atoms with E-state index in [1.807, 2.05) is 13.0 Å². The summed E-state index contributed by atoms with van der Waals surface area (Å²) < 4.78 is 9.69. The van der Waals surface area contributed by atoms with Gasteiger partial charge in [-0.2, -0.15) is 0 Å². The first-order chi connectivity index (χ1) is 9.62. The highest BCUT2D eigenvalue weighted by Gasteiger charge is 1.99. The number of ether oxygens (including phenoxy) is 2. The molecule has 2 aromatic rings. The number of aromatic hydroxyl groups is 2. The molecule has 2 rings (SSSR count). The van der Waals surface area contributed by atoms with Crippen molar-refractivity contribution in [3.63, 3.8) is 0 Å². The lowest BCUT2D eigenvalue weighted by atomic mass is 10.1. The normalized spacial score (nSPS) is 9.35. The number of phenols is 2. The van der Waals surface area contributed by atoms with E-state index in [-0.39, 0.29) is 11.5 Å². The van der Waals surface area contributed by atoms with Crippen LogP contribution in [-0.4, -0.2) is 24.4 Å². The van der Waals surface area contributed by atoms with E-state index in [1.165, 1.54) is 7.11 Å². The summed E-state index contributed by atoms with van der Waals surface area (Å²) in [6, 6.07) is 12.3. The van der Waals surface area contributed by atoms with Gasteiger partial charge in [-0.15, -0.1) is 0 Å². The van der Waals surface area contributed by atoms with Gasteiger partial charge < -0.3 is 19.7 Å². The molecule has 108 valence electrons. The first kappa shape index (κ1) is 15.7. The Hall–Kier alpha value is -2.36. The number of rotatable bonds is 3. The maximum Gasteiger partial charge on any atom is 0.160 e. The van der Waals surface area contributed by atoms with E-state index < -0.39 is 0 Å². The average Bonchev–Trinajstić information content (AvgIpc) is 2.48. The number of methoxy groups -OCH3 is 2. The lowest BCUT2D eigenvalue weighted by molar-refractivity contribution is 0.373. The van der Waals surface area contributed by atoms with E-state index in [9.17, 15) is 5.11 Å². The van der Waals surface area contributed by atoms with Gasteiger partial charge in [0.15, 0.2) is 23.0 Å². The second-order valence-electron chi connectivity index (χ2n) is 4.03. The average molecular weight is 276 g/mol. The zero-order valence-electron chi connectivity index (χ0n) is 12.0. The molecule has 0 amide bonds. The molecular weight excluding hydrogens is 256 g/mol. The summed E-state index contributed by atoms with van der Waals surface area (Å²) in [5, 5.41) is 18.3. The Bertz CT molecular complexity index is 538. The van der Waals surface area contributed by atoms with Crippen molar-refractivity contribution in [3.05, 3.63) is 48.0 Å². The largest absolute Gasteiger partial charge is 0.504 e. The molecule has 0 atom stereocenters. The van der Waals surface area contributed by atoms with Gasteiger partial charge >= 0.3 is 0 Å². The number of benzene rings is 2. The van der Waals surface area contributed by atoms with Crippen LogP contribution in [0.4, 0.5) is 0 Å². The molecule has 4 nitrogen and oxygen atoms in total. The number of para-hydroxylation sites is 2. The minimum atomic E-state index is 0.181. The second-order valence-corrected chi connectivity index (χ2v) is 4.03. The molecule has 2 N–H and O–H groups in total. The van der Waals surface area contributed by atoms with E-state index in [2.05, 4.69) is 0 Å². The van der Waals surface area contributed by atoms with Crippen molar-refractivity contribution >= 4 is 0 Å². The minimum absolute atomic E-state index is 0.181. The predicted molar refractivity (Wildman–Crippen MR) is 78.7 cm³/mol. The quantitative estimate of drug-likeness (QED) is 0.902. The first-order valence-corrected chi connectivity index (χ1v) is 6.30. The van der Waals surface area contributed by atoms with Gasteiger partial charge in [0, 0.05) is 0 Å². The van der Waals surface area contributed by atoms with Crippen molar-refractivity contribution in [3.8, 4) is 23.0 Å². The third-order valence-electron chi connectivity index (χ3n) is 2.74. The highest BCUT2D eigenvalue weighted by atomic mass is 16.5. The van der Waals surface area contributed by atoms with Gasteiger partial charge in [-0.3, -0.25) is 0 Å². The van der Waals surface area contributed by atoms with Crippen LogP contribution in [-0.2, 0) is 6.42 Å². The van der Waals surface area contributed by atoms with Crippen molar-refractivity contribution < 1.29 is 19.7 Å². The topological polar surface area (TPSA) is 58.9 Å². The van der Waals surface area contributed by atoms with Crippen molar-refractivity contribution in [1.82, 2.24) is 0 Å². The SMILES string of the molecule is CCc1ccc(OC)c(O)c1.COc1ccccc1O. The maximum absolute atomic E-state index is 9.30. The minimum Gasteiger partial charge on any atom is -0.504 e. The Labute approximate surface area is 119 Å². The number of hydrogen-bond donors (Lipinski definition) is 2. The summed E-state index contributed by atoms with van der Waals surface area (Å²) in [5.41, 5.74) is 1.11. The van der Waals surface area contributed by atoms with Gasteiger partial charge in [-0.05, 0) is 36.2 Å². The molecular formula is C16H20O4. The smallest absolute Gasteiger partial charge is 0.160 e. The lowest BCUT2D eigenvalue weighted by Crippen LogP contribution is -1.85. The third kappa shape index (κ3) is 4.39. The van der Waals surface area contributed by atoms with Gasteiger partial charge in [0.1, 0.15) is 0 Å². The fourth-order valence-corrected chi connectivity index (χ4v) is 1.59. The van der Waals surface area contributed by atoms with Crippen LogP contribution in [0.25, 0.3) is 0 Å².